The zero-order valence-corrected chi connectivity index (χ0v) is 5.76. The first-order valence-electron chi connectivity index (χ1n) is 3.48. The highest BCUT2D eigenvalue weighted by atomic mass is 16.1. The van der Waals surface area contributed by atoms with Crippen LogP contribution in [-0.2, 0) is 4.79 Å². The van der Waals surface area contributed by atoms with Crippen LogP contribution >= 0.6 is 0 Å². The topological polar surface area (TPSA) is 31.2 Å². The van der Waals surface area contributed by atoms with Crippen LogP contribution in [0.4, 0.5) is 0 Å². The van der Waals surface area contributed by atoms with Gasteiger partial charge in [0.2, 0.25) is 5.91 Å². The van der Waals surface area contributed by atoms with E-state index in [9.17, 15) is 4.79 Å². The van der Waals surface area contributed by atoms with Gasteiger partial charge >= 0.3 is 0 Å². The second kappa shape index (κ2) is 2.85. The van der Waals surface area contributed by atoms with Crippen molar-refractivity contribution < 1.29 is 4.79 Å². The minimum absolute atomic E-state index is 0.104. The summed E-state index contributed by atoms with van der Waals surface area (Å²) in [6.07, 6.45) is 4.56. The van der Waals surface area contributed by atoms with Crippen LogP contribution < -0.4 is 5.32 Å². The quantitative estimate of drug-likeness (QED) is 0.514. The fourth-order valence-electron chi connectivity index (χ4n) is 1.36. The Morgan fingerprint density at radius 2 is 2.00 bits per heavy atom. The molecule has 1 aliphatic carbocycles. The van der Waals surface area contributed by atoms with Crippen LogP contribution in [-0.4, -0.2) is 13.0 Å². The average Bonchev–Trinajstić information content (AvgIpc) is 2.37. The predicted octanol–water partition coefficient (Wildman–Crippen LogP) is 0.937. The van der Waals surface area contributed by atoms with Crippen molar-refractivity contribution in [2.24, 2.45) is 5.92 Å². The van der Waals surface area contributed by atoms with Crippen LogP contribution in [0.3, 0.4) is 0 Å². The molecule has 1 amide bonds. The summed E-state index contributed by atoms with van der Waals surface area (Å²) in [4.78, 5) is 10.8. The summed E-state index contributed by atoms with van der Waals surface area (Å²) < 4.78 is 0. The van der Waals surface area contributed by atoms with E-state index in [1.165, 1.54) is 12.8 Å². The van der Waals surface area contributed by atoms with Gasteiger partial charge in [-0.2, -0.15) is 0 Å². The van der Waals surface area contributed by atoms with E-state index in [4.69, 9.17) is 0 Å². The molecule has 2 heteroatoms. The molecule has 0 N–H and O–H groups in total. The molecule has 0 spiro atoms. The molecule has 1 radical (unpaired) electrons. The van der Waals surface area contributed by atoms with Gasteiger partial charge in [0.1, 0.15) is 0 Å². The number of nitrogens with zero attached hydrogens (tertiary/aromatic N) is 1. The molecule has 0 unspecified atom stereocenters. The Balaban J connectivity index is 2.32. The molecule has 0 bridgehead atoms. The van der Waals surface area contributed by atoms with Crippen molar-refractivity contribution in [3.05, 3.63) is 0 Å². The largest absolute Gasteiger partial charge is 0.273 e. The fourth-order valence-corrected chi connectivity index (χ4v) is 1.36. The van der Waals surface area contributed by atoms with Gasteiger partial charge < -0.3 is 0 Å². The first kappa shape index (κ1) is 6.59. The Morgan fingerprint density at radius 3 is 2.44 bits per heavy atom. The Morgan fingerprint density at radius 1 is 1.44 bits per heavy atom. The lowest BCUT2D eigenvalue weighted by molar-refractivity contribution is -0.124. The average molecular weight is 126 g/mol. The fraction of sp³-hybridized carbons (Fsp3) is 0.857. The zero-order valence-electron chi connectivity index (χ0n) is 5.76. The van der Waals surface area contributed by atoms with Gasteiger partial charge in [-0.05, 0) is 12.8 Å². The highest BCUT2D eigenvalue weighted by Crippen LogP contribution is 2.24. The molecule has 0 aromatic carbocycles. The summed E-state index contributed by atoms with van der Waals surface area (Å²) in [6, 6.07) is 0. The summed E-state index contributed by atoms with van der Waals surface area (Å²) in [7, 11) is 1.58. The lowest BCUT2D eigenvalue weighted by Crippen LogP contribution is -2.19. The molecule has 2 nitrogen and oxygen atoms in total. The molecule has 0 atom stereocenters. The van der Waals surface area contributed by atoms with E-state index in [2.05, 4.69) is 5.32 Å². The van der Waals surface area contributed by atoms with E-state index >= 15 is 0 Å². The molecule has 1 fully saturated rings. The van der Waals surface area contributed by atoms with Crippen LogP contribution in [0.2, 0.25) is 0 Å². The first-order chi connectivity index (χ1) is 4.34. The number of rotatable bonds is 1. The summed E-state index contributed by atoms with van der Waals surface area (Å²) in [5.41, 5.74) is 0. The third-order valence-electron chi connectivity index (χ3n) is 1.92. The maximum absolute atomic E-state index is 10.8. The Kier molecular flexibility index (Phi) is 2.09. The second-order valence-electron chi connectivity index (χ2n) is 2.54. The third kappa shape index (κ3) is 1.44. The van der Waals surface area contributed by atoms with E-state index in [0.717, 1.165) is 12.8 Å². The van der Waals surface area contributed by atoms with Crippen molar-refractivity contribution in [3.8, 4) is 0 Å². The molecule has 0 aromatic rings. The molecule has 1 saturated carbocycles. The Bertz CT molecular complexity index is 105. The van der Waals surface area contributed by atoms with Crippen molar-refractivity contribution in [1.29, 1.82) is 0 Å². The van der Waals surface area contributed by atoms with E-state index in [0.29, 0.717) is 0 Å². The van der Waals surface area contributed by atoms with E-state index in [-0.39, 0.29) is 11.8 Å². The molecule has 9 heavy (non-hydrogen) atoms. The maximum atomic E-state index is 10.8. The second-order valence-corrected chi connectivity index (χ2v) is 2.54. The Hall–Kier alpha value is -0.530. The lowest BCUT2D eigenvalue weighted by atomic mass is 10.1. The van der Waals surface area contributed by atoms with E-state index in [1.807, 2.05) is 0 Å². The van der Waals surface area contributed by atoms with Gasteiger partial charge in [0, 0.05) is 13.0 Å². The summed E-state index contributed by atoms with van der Waals surface area (Å²) in [6.45, 7) is 0. The van der Waals surface area contributed by atoms with Crippen LogP contribution in [0.25, 0.3) is 0 Å². The number of carbonyl (C=O) groups excluding carboxylic acids is 1. The SMILES string of the molecule is C[N]C(=O)C1CCCC1. The highest BCUT2D eigenvalue weighted by Gasteiger charge is 2.21. The highest BCUT2D eigenvalue weighted by molar-refractivity contribution is 5.78. The normalized spacial score (nSPS) is 20.1. The van der Waals surface area contributed by atoms with E-state index in [1.54, 1.807) is 7.05 Å². The lowest BCUT2D eigenvalue weighted by Gasteiger charge is -2.02. The number of amides is 1. The summed E-state index contributed by atoms with van der Waals surface area (Å²) in [5.74, 6) is 0.377. The van der Waals surface area contributed by atoms with Gasteiger partial charge in [-0.25, -0.2) is 0 Å². The minimum Gasteiger partial charge on any atom is -0.273 e. The predicted molar refractivity (Wildman–Crippen MR) is 35.0 cm³/mol. The van der Waals surface area contributed by atoms with Gasteiger partial charge in [-0.3, -0.25) is 10.1 Å². The molecule has 1 rings (SSSR count). The Labute approximate surface area is 55.6 Å². The van der Waals surface area contributed by atoms with Gasteiger partial charge in [-0.15, -0.1) is 0 Å². The molecule has 1 aliphatic rings. The summed E-state index contributed by atoms with van der Waals surface area (Å²) >= 11 is 0. The molecule has 0 aliphatic heterocycles. The van der Waals surface area contributed by atoms with Gasteiger partial charge in [0.15, 0.2) is 0 Å². The molecular formula is C7H12NO. The molecule has 51 valence electrons. The molecular weight excluding hydrogens is 114 g/mol. The third-order valence-corrected chi connectivity index (χ3v) is 1.92. The van der Waals surface area contributed by atoms with Crippen LogP contribution in [0.5, 0.6) is 0 Å². The molecule has 0 heterocycles. The van der Waals surface area contributed by atoms with Crippen LogP contribution in [0.1, 0.15) is 25.7 Å². The van der Waals surface area contributed by atoms with Crippen molar-refractivity contribution in [1.82, 2.24) is 5.32 Å². The maximum Gasteiger partial charge on any atom is 0.243 e. The number of hydrogen-bond donors (Lipinski definition) is 0. The first-order valence-corrected chi connectivity index (χ1v) is 3.48. The monoisotopic (exact) mass is 126 g/mol. The standard InChI is InChI=1S/C7H12NO/c1-8-7(9)6-4-2-3-5-6/h6H,2-5H2,1H3. The van der Waals surface area contributed by atoms with Crippen molar-refractivity contribution >= 4 is 5.91 Å². The molecule has 0 saturated heterocycles. The smallest absolute Gasteiger partial charge is 0.243 e. The van der Waals surface area contributed by atoms with Crippen LogP contribution in [0.15, 0.2) is 0 Å². The van der Waals surface area contributed by atoms with E-state index < -0.39 is 0 Å². The van der Waals surface area contributed by atoms with Gasteiger partial charge in [0.25, 0.3) is 0 Å². The number of carbonyl (C=O) groups is 1. The number of hydrogen-bond acceptors (Lipinski definition) is 1. The molecule has 0 aromatic heterocycles. The van der Waals surface area contributed by atoms with Crippen molar-refractivity contribution in [3.63, 3.8) is 0 Å². The summed E-state index contributed by atoms with van der Waals surface area (Å²) in [5, 5.41) is 3.63. The van der Waals surface area contributed by atoms with Crippen LogP contribution in [0, 0.1) is 5.92 Å². The minimum atomic E-state index is 0.104. The van der Waals surface area contributed by atoms with Gasteiger partial charge in [0.05, 0.1) is 0 Å². The zero-order chi connectivity index (χ0) is 6.69. The van der Waals surface area contributed by atoms with Gasteiger partial charge in [-0.1, -0.05) is 12.8 Å². The van der Waals surface area contributed by atoms with Crippen molar-refractivity contribution in [2.75, 3.05) is 7.05 Å². The van der Waals surface area contributed by atoms with Crippen molar-refractivity contribution in [2.45, 2.75) is 25.7 Å².